The third-order valence-electron chi connectivity index (χ3n) is 21.7. The molecule has 10 nitrogen and oxygen atoms in total. The highest BCUT2D eigenvalue weighted by molar-refractivity contribution is 6.11. The Labute approximate surface area is 658 Å². The normalized spacial score (nSPS) is 11.8. The van der Waals surface area contributed by atoms with Crippen molar-refractivity contribution in [1.29, 1.82) is 0 Å². The highest BCUT2D eigenvalue weighted by Gasteiger charge is 2.29. The van der Waals surface area contributed by atoms with E-state index < -0.39 is 35.7 Å². The summed E-state index contributed by atoms with van der Waals surface area (Å²) in [7, 11) is 0. The summed E-state index contributed by atoms with van der Waals surface area (Å²) < 4.78 is 0. The first-order valence-corrected chi connectivity index (χ1v) is 47.1. The van der Waals surface area contributed by atoms with E-state index in [4.69, 9.17) is 0 Å². The predicted octanol–water partition coefficient (Wildman–Crippen LogP) is 31.1. The van der Waals surface area contributed by atoms with Crippen LogP contribution in [0, 0.1) is 0 Å². The second kappa shape index (κ2) is 86.8. The van der Waals surface area contributed by atoms with Crippen molar-refractivity contribution in [3.63, 3.8) is 0 Å². The summed E-state index contributed by atoms with van der Waals surface area (Å²) >= 11 is 0. The molecular weight excluding hydrogens is 1310 g/mol. The molecule has 0 rings (SSSR count). The SMILES string of the molecule is CCCCCCCC/C=C\CCCCCCCCCCCC(=O)N(C(=O)CCCCCCCCCCC/C=C\CCCCCCCC)C(=O)NCCCCCCNC(=O)N(C(=O)CCCCCCCCCCC/C=C\CCCCCCCC)C(=O)CCCCCCCCCCC/C=C\CCCCCCCC. The van der Waals surface area contributed by atoms with Crippen molar-refractivity contribution in [1.82, 2.24) is 20.4 Å². The van der Waals surface area contributed by atoms with Gasteiger partial charge in [-0.15, -0.1) is 0 Å². The monoisotopic (exact) mass is 1480 g/mol. The van der Waals surface area contributed by atoms with Crippen molar-refractivity contribution in [3.05, 3.63) is 48.6 Å². The van der Waals surface area contributed by atoms with E-state index in [1.165, 1.54) is 334 Å². The lowest BCUT2D eigenvalue weighted by Crippen LogP contribution is -2.47. The highest BCUT2D eigenvalue weighted by atomic mass is 16.2. The van der Waals surface area contributed by atoms with Crippen LogP contribution in [0.4, 0.5) is 9.59 Å². The summed E-state index contributed by atoms with van der Waals surface area (Å²) in [5, 5.41) is 5.81. The number of allylic oxidation sites excluding steroid dienone is 8. The molecule has 618 valence electrons. The Balaban J connectivity index is 5.16. The molecule has 0 atom stereocenters. The molecule has 0 radical (unpaired) electrons. The minimum Gasteiger partial charge on any atom is -0.337 e. The lowest BCUT2D eigenvalue weighted by molar-refractivity contribution is -0.142. The molecule has 0 aliphatic rings. The topological polar surface area (TPSA) is 133 Å². The molecule has 106 heavy (non-hydrogen) atoms. The fraction of sp³-hybridized carbons (Fsp3) is 0.854. The Morgan fingerprint density at radius 1 is 0.179 bits per heavy atom. The molecule has 0 saturated carbocycles. The number of hydrogen-bond acceptors (Lipinski definition) is 6. The van der Waals surface area contributed by atoms with Crippen LogP contribution in [0.1, 0.15) is 516 Å². The molecule has 8 amide bonds. The maximum Gasteiger partial charge on any atom is 0.331 e. The van der Waals surface area contributed by atoms with E-state index in [1.807, 2.05) is 0 Å². The summed E-state index contributed by atoms with van der Waals surface area (Å²) in [5.41, 5.74) is 0. The van der Waals surface area contributed by atoms with E-state index in [-0.39, 0.29) is 25.7 Å². The van der Waals surface area contributed by atoms with Gasteiger partial charge in [-0.05, 0) is 141 Å². The van der Waals surface area contributed by atoms with Gasteiger partial charge in [0.2, 0.25) is 23.6 Å². The molecule has 10 heteroatoms. The number of nitrogens with zero attached hydrogens (tertiary/aromatic N) is 2. The van der Waals surface area contributed by atoms with Gasteiger partial charge in [-0.2, -0.15) is 0 Å². The van der Waals surface area contributed by atoms with Gasteiger partial charge >= 0.3 is 12.1 Å². The van der Waals surface area contributed by atoms with Crippen LogP contribution in [-0.2, 0) is 19.2 Å². The lowest BCUT2D eigenvalue weighted by Gasteiger charge is -2.20. The van der Waals surface area contributed by atoms with E-state index in [0.717, 1.165) is 99.7 Å². The van der Waals surface area contributed by atoms with Crippen LogP contribution < -0.4 is 10.6 Å². The Kier molecular flexibility index (Phi) is 83.6. The maximum absolute atomic E-state index is 13.7. The molecule has 0 bridgehead atoms. The van der Waals surface area contributed by atoms with Gasteiger partial charge in [0.25, 0.3) is 0 Å². The number of rotatable bonds is 83. The van der Waals surface area contributed by atoms with Gasteiger partial charge in [-0.1, -0.05) is 397 Å². The highest BCUT2D eigenvalue weighted by Crippen LogP contribution is 2.21. The number of imide groups is 6. The molecule has 0 aromatic carbocycles. The number of nitrogens with one attached hydrogen (secondary N) is 2. The van der Waals surface area contributed by atoms with Crippen molar-refractivity contribution >= 4 is 35.7 Å². The van der Waals surface area contributed by atoms with Crippen molar-refractivity contribution in [2.24, 2.45) is 0 Å². The Bertz CT molecular complexity index is 1790. The van der Waals surface area contributed by atoms with Gasteiger partial charge in [0.1, 0.15) is 0 Å². The number of urea groups is 2. The Hall–Kier alpha value is -3.82. The molecule has 0 unspecified atom stereocenters. The average molecular weight is 1480 g/mol. The van der Waals surface area contributed by atoms with Gasteiger partial charge < -0.3 is 10.6 Å². The molecule has 0 aromatic rings. The zero-order valence-corrected chi connectivity index (χ0v) is 71.1. The van der Waals surface area contributed by atoms with Crippen molar-refractivity contribution in [3.8, 4) is 0 Å². The molecule has 2 N–H and O–H groups in total. The first-order chi connectivity index (χ1) is 52.2. The molecule has 0 aromatic heterocycles. The summed E-state index contributed by atoms with van der Waals surface area (Å²) in [4.78, 5) is 84.2. The first kappa shape index (κ1) is 102. The summed E-state index contributed by atoms with van der Waals surface area (Å²) in [6.07, 6.45) is 105. The zero-order valence-electron chi connectivity index (χ0n) is 71.1. The Morgan fingerprint density at radius 2 is 0.311 bits per heavy atom. The van der Waals surface area contributed by atoms with E-state index in [1.54, 1.807) is 0 Å². The third kappa shape index (κ3) is 74.3. The summed E-state index contributed by atoms with van der Waals surface area (Å²) in [6.45, 7) is 9.76. The second-order valence-corrected chi connectivity index (χ2v) is 32.1. The minimum absolute atomic E-state index is 0.192. The molecular formula is C96H178N4O6. The molecule has 0 spiro atoms. The van der Waals surface area contributed by atoms with E-state index in [9.17, 15) is 28.8 Å². The van der Waals surface area contributed by atoms with Gasteiger partial charge in [0.15, 0.2) is 0 Å². The smallest absolute Gasteiger partial charge is 0.331 e. The number of unbranched alkanes of at least 4 members (excludes halogenated alkanes) is 63. The summed E-state index contributed by atoms with van der Waals surface area (Å²) in [6, 6.07) is -1.23. The number of carbonyl (C=O) groups excluding carboxylic acids is 6. The van der Waals surface area contributed by atoms with Crippen LogP contribution in [0.3, 0.4) is 0 Å². The third-order valence-corrected chi connectivity index (χ3v) is 21.7. The fourth-order valence-corrected chi connectivity index (χ4v) is 14.5. The zero-order chi connectivity index (χ0) is 76.8. The number of amides is 8. The van der Waals surface area contributed by atoms with Crippen LogP contribution in [-0.4, -0.2) is 58.6 Å². The second-order valence-electron chi connectivity index (χ2n) is 32.1. The van der Waals surface area contributed by atoms with Crippen molar-refractivity contribution < 1.29 is 28.8 Å². The first-order valence-electron chi connectivity index (χ1n) is 47.1. The maximum atomic E-state index is 13.7. The molecule has 0 heterocycles. The lowest BCUT2D eigenvalue weighted by atomic mass is 10.0. The quantitative estimate of drug-likeness (QED) is 0.0460. The summed E-state index contributed by atoms with van der Waals surface area (Å²) in [5.74, 6) is -1.59. The average Bonchev–Trinajstić information content (AvgIpc) is 0.879. The fourth-order valence-electron chi connectivity index (χ4n) is 14.5. The van der Waals surface area contributed by atoms with E-state index in [2.05, 4.69) is 86.9 Å². The molecule has 0 aliphatic carbocycles. The van der Waals surface area contributed by atoms with Crippen LogP contribution >= 0.6 is 0 Å². The van der Waals surface area contributed by atoms with Gasteiger partial charge in [-0.25, -0.2) is 19.4 Å². The van der Waals surface area contributed by atoms with Crippen LogP contribution in [0.5, 0.6) is 0 Å². The van der Waals surface area contributed by atoms with E-state index in [0.29, 0.717) is 51.6 Å². The number of carbonyl (C=O) groups is 6. The largest absolute Gasteiger partial charge is 0.337 e. The minimum atomic E-state index is -0.616. The molecule has 0 aliphatic heterocycles. The number of hydrogen-bond donors (Lipinski definition) is 2. The molecule has 0 saturated heterocycles. The van der Waals surface area contributed by atoms with Gasteiger partial charge in [0, 0.05) is 38.8 Å². The van der Waals surface area contributed by atoms with Crippen LogP contribution in [0.15, 0.2) is 48.6 Å². The van der Waals surface area contributed by atoms with E-state index >= 15 is 0 Å². The van der Waals surface area contributed by atoms with Crippen molar-refractivity contribution in [2.75, 3.05) is 13.1 Å². The van der Waals surface area contributed by atoms with Gasteiger partial charge in [-0.3, -0.25) is 19.2 Å². The molecule has 0 fully saturated rings. The van der Waals surface area contributed by atoms with Crippen LogP contribution in [0.2, 0.25) is 0 Å². The van der Waals surface area contributed by atoms with Gasteiger partial charge in [0.05, 0.1) is 0 Å². The standard InChI is InChI=1S/C96H178N4O6/c1-5-9-13-17-21-25-29-33-37-41-45-49-53-57-61-65-69-73-79-85-91(101)99(92(102)86-80-74-70-66-62-58-54-50-46-42-38-34-30-26-22-18-14-10-6-2)95(105)97-89-83-77-78-84-90-98-96(106)100(93(103)87-81-75-71-67-63-59-55-51-47-43-39-35-31-27-23-19-15-11-7-3)94(104)88-82-76-72-68-64-60-56-52-48-44-40-36-32-28-24-20-16-12-8-4/h33-40H,5-32,41-90H2,1-4H3,(H,97,105)(H,98,106)/b37-33-,38-34-,39-35-,40-36-. The van der Waals surface area contributed by atoms with Crippen molar-refractivity contribution in [2.45, 2.75) is 516 Å². The predicted molar refractivity (Wildman–Crippen MR) is 461 cm³/mol. The van der Waals surface area contributed by atoms with Crippen LogP contribution in [0.25, 0.3) is 0 Å². The Morgan fingerprint density at radius 3 is 0.472 bits per heavy atom.